The number of aryl methyl sites for hydroxylation is 4. The van der Waals surface area contributed by atoms with E-state index in [-0.39, 0.29) is 5.91 Å². The van der Waals surface area contributed by atoms with Gasteiger partial charge in [-0.25, -0.2) is 4.98 Å². The molecule has 36 heavy (non-hydrogen) atoms. The summed E-state index contributed by atoms with van der Waals surface area (Å²) in [7, 11) is 0. The highest BCUT2D eigenvalue weighted by Crippen LogP contribution is 2.42. The fourth-order valence-electron chi connectivity index (χ4n) is 4.57. The van der Waals surface area contributed by atoms with Crippen molar-refractivity contribution >= 4 is 50.4 Å². The van der Waals surface area contributed by atoms with Crippen molar-refractivity contribution in [3.05, 3.63) is 98.9 Å². The number of thiophene rings is 1. The number of halogens is 1. The summed E-state index contributed by atoms with van der Waals surface area (Å²) < 4.78 is 0. The maximum absolute atomic E-state index is 13.5. The van der Waals surface area contributed by atoms with E-state index < -0.39 is 0 Å². The molecule has 0 spiro atoms. The number of fused-ring (bicyclic) bond motifs is 1. The van der Waals surface area contributed by atoms with Gasteiger partial charge in [0.05, 0.1) is 11.4 Å². The first-order chi connectivity index (χ1) is 17.2. The van der Waals surface area contributed by atoms with Crippen molar-refractivity contribution in [3.8, 4) is 22.4 Å². The van der Waals surface area contributed by atoms with Crippen LogP contribution in [-0.2, 0) is 0 Å². The molecule has 3 aromatic carbocycles. The predicted octanol–water partition coefficient (Wildman–Crippen LogP) is 8.35. The zero-order chi connectivity index (χ0) is 25.6. The van der Waals surface area contributed by atoms with Crippen molar-refractivity contribution in [3.63, 3.8) is 0 Å². The molecule has 6 heteroatoms. The molecular weight excluding hydrogens is 486 g/mol. The summed E-state index contributed by atoms with van der Waals surface area (Å²) in [6.07, 6.45) is 0. The Bertz CT molecular complexity index is 1600. The Morgan fingerprint density at radius 3 is 2.11 bits per heavy atom. The van der Waals surface area contributed by atoms with Crippen LogP contribution in [-0.4, -0.2) is 10.9 Å². The maximum Gasteiger partial charge on any atom is 0.267 e. The number of carbonyl (C=O) groups excluding carboxylic acids is 1. The van der Waals surface area contributed by atoms with E-state index in [0.29, 0.717) is 15.6 Å². The van der Waals surface area contributed by atoms with Crippen LogP contribution in [0.3, 0.4) is 0 Å². The average Bonchev–Trinajstić information content (AvgIpc) is 3.18. The summed E-state index contributed by atoms with van der Waals surface area (Å²) in [5.41, 5.74) is 16.0. The van der Waals surface area contributed by atoms with Gasteiger partial charge in [-0.15, -0.1) is 11.3 Å². The van der Waals surface area contributed by atoms with E-state index in [1.807, 2.05) is 51.1 Å². The molecule has 0 saturated heterocycles. The Balaban J connectivity index is 1.67. The molecule has 5 rings (SSSR count). The van der Waals surface area contributed by atoms with Gasteiger partial charge < -0.3 is 11.1 Å². The second-order valence-electron chi connectivity index (χ2n) is 9.18. The number of hydrogen-bond donors (Lipinski definition) is 2. The first-order valence-electron chi connectivity index (χ1n) is 11.7. The molecule has 0 fully saturated rings. The van der Waals surface area contributed by atoms with Crippen molar-refractivity contribution < 1.29 is 4.79 Å². The molecule has 0 radical (unpaired) electrons. The van der Waals surface area contributed by atoms with Crippen molar-refractivity contribution in [2.24, 2.45) is 0 Å². The molecule has 3 N–H and O–H groups in total. The lowest BCUT2D eigenvalue weighted by Gasteiger charge is -2.12. The smallest absolute Gasteiger partial charge is 0.267 e. The van der Waals surface area contributed by atoms with E-state index in [9.17, 15) is 4.79 Å². The van der Waals surface area contributed by atoms with Gasteiger partial charge in [-0.2, -0.15) is 0 Å². The van der Waals surface area contributed by atoms with E-state index in [1.165, 1.54) is 16.9 Å². The van der Waals surface area contributed by atoms with E-state index in [1.54, 1.807) is 0 Å². The number of nitrogen functional groups attached to an aromatic ring is 1. The third-order valence-corrected chi connectivity index (χ3v) is 7.67. The van der Waals surface area contributed by atoms with Crippen LogP contribution in [0.25, 0.3) is 32.6 Å². The van der Waals surface area contributed by atoms with Crippen molar-refractivity contribution in [1.82, 2.24) is 4.98 Å². The van der Waals surface area contributed by atoms with Gasteiger partial charge >= 0.3 is 0 Å². The molecular formula is C30H26ClN3OS. The van der Waals surface area contributed by atoms with E-state index in [0.717, 1.165) is 55.0 Å². The van der Waals surface area contributed by atoms with Crippen LogP contribution in [0, 0.1) is 27.7 Å². The number of nitrogens with zero attached hydrogens (tertiary/aromatic N) is 1. The van der Waals surface area contributed by atoms with Crippen molar-refractivity contribution in [1.29, 1.82) is 0 Å². The van der Waals surface area contributed by atoms with Crippen molar-refractivity contribution in [2.45, 2.75) is 27.7 Å². The fraction of sp³-hybridized carbons (Fsp3) is 0.133. The van der Waals surface area contributed by atoms with E-state index in [4.69, 9.17) is 22.3 Å². The lowest BCUT2D eigenvalue weighted by molar-refractivity contribution is 0.103. The van der Waals surface area contributed by atoms with E-state index in [2.05, 4.69) is 48.6 Å². The van der Waals surface area contributed by atoms with Gasteiger partial charge in [-0.05, 0) is 68.1 Å². The highest BCUT2D eigenvalue weighted by molar-refractivity contribution is 7.21. The molecule has 1 amide bonds. The third kappa shape index (κ3) is 4.48. The molecule has 0 bridgehead atoms. The summed E-state index contributed by atoms with van der Waals surface area (Å²) in [6, 6.07) is 22.0. The largest absolute Gasteiger partial charge is 0.397 e. The molecule has 0 aliphatic heterocycles. The molecule has 180 valence electrons. The first kappa shape index (κ1) is 24.0. The lowest BCUT2D eigenvalue weighted by atomic mass is 9.99. The number of pyridine rings is 1. The zero-order valence-electron chi connectivity index (χ0n) is 20.6. The normalized spacial score (nSPS) is 11.1. The molecule has 2 aromatic heterocycles. The Kier molecular flexibility index (Phi) is 6.29. The topological polar surface area (TPSA) is 68.0 Å². The Labute approximate surface area is 219 Å². The predicted molar refractivity (Wildman–Crippen MR) is 153 cm³/mol. The van der Waals surface area contributed by atoms with Gasteiger partial charge in [0, 0.05) is 21.7 Å². The maximum atomic E-state index is 13.5. The van der Waals surface area contributed by atoms with E-state index >= 15 is 0 Å². The van der Waals surface area contributed by atoms with Crippen LogP contribution in [0.1, 0.15) is 31.9 Å². The van der Waals surface area contributed by atoms with Crippen LogP contribution in [0.5, 0.6) is 0 Å². The number of aromatic nitrogens is 1. The van der Waals surface area contributed by atoms with Crippen LogP contribution in [0.2, 0.25) is 5.02 Å². The van der Waals surface area contributed by atoms with Gasteiger partial charge in [0.1, 0.15) is 9.71 Å². The summed E-state index contributed by atoms with van der Waals surface area (Å²) in [5, 5.41) is 4.53. The number of benzene rings is 3. The van der Waals surface area contributed by atoms with Crippen LogP contribution in [0.15, 0.2) is 66.7 Å². The number of hydrogen-bond acceptors (Lipinski definition) is 4. The van der Waals surface area contributed by atoms with Gasteiger partial charge in [0.2, 0.25) is 0 Å². The fourth-order valence-corrected chi connectivity index (χ4v) is 5.71. The van der Waals surface area contributed by atoms with Gasteiger partial charge in [-0.1, -0.05) is 71.3 Å². The van der Waals surface area contributed by atoms with Crippen molar-refractivity contribution in [2.75, 3.05) is 11.1 Å². The Hall–Kier alpha value is -3.67. The number of rotatable bonds is 4. The zero-order valence-corrected chi connectivity index (χ0v) is 22.1. The number of nitrogens with one attached hydrogen (secondary N) is 1. The summed E-state index contributed by atoms with van der Waals surface area (Å²) >= 11 is 7.48. The number of nitrogens with two attached hydrogens (primary N) is 1. The summed E-state index contributed by atoms with van der Waals surface area (Å²) in [6.45, 7) is 8.10. The SMILES string of the molecule is Cc1ccc(-c2cc(-c3ccc(Cl)cc3)c3c(N)c(C(=O)Nc4c(C)cc(C)cc4C)sc3n2)cc1. The molecule has 0 aliphatic rings. The lowest BCUT2D eigenvalue weighted by Crippen LogP contribution is -2.14. The van der Waals surface area contributed by atoms with Crippen LogP contribution < -0.4 is 11.1 Å². The quantitative estimate of drug-likeness (QED) is 0.254. The highest BCUT2D eigenvalue weighted by Gasteiger charge is 2.22. The van der Waals surface area contributed by atoms with Gasteiger partial charge in [0.25, 0.3) is 5.91 Å². The molecule has 4 nitrogen and oxygen atoms in total. The van der Waals surface area contributed by atoms with Gasteiger partial charge in [-0.3, -0.25) is 4.79 Å². The minimum absolute atomic E-state index is 0.232. The molecule has 2 heterocycles. The molecule has 0 unspecified atom stereocenters. The highest BCUT2D eigenvalue weighted by atomic mass is 35.5. The third-order valence-electron chi connectivity index (χ3n) is 6.32. The summed E-state index contributed by atoms with van der Waals surface area (Å²) in [5.74, 6) is -0.232. The second kappa shape index (κ2) is 9.41. The molecule has 5 aromatic rings. The Morgan fingerprint density at radius 1 is 0.861 bits per heavy atom. The molecule has 0 atom stereocenters. The van der Waals surface area contributed by atoms with Gasteiger partial charge in [0.15, 0.2) is 0 Å². The average molecular weight is 512 g/mol. The standard InChI is InChI=1S/C30H26ClN3OS/c1-16-5-7-21(8-6-16)24-15-23(20-9-11-22(31)12-10-20)25-26(32)28(36-30(25)33-24)29(35)34-27-18(3)13-17(2)14-19(27)4/h5-15H,32H2,1-4H3,(H,34,35). The first-order valence-corrected chi connectivity index (χ1v) is 12.9. The molecule has 0 saturated carbocycles. The van der Waals surface area contributed by atoms with Crippen LogP contribution in [0.4, 0.5) is 11.4 Å². The number of anilines is 2. The summed E-state index contributed by atoms with van der Waals surface area (Å²) in [4.78, 5) is 19.6. The van der Waals surface area contributed by atoms with Crippen LogP contribution >= 0.6 is 22.9 Å². The number of carbonyl (C=O) groups is 1. The number of amides is 1. The molecule has 0 aliphatic carbocycles. The minimum atomic E-state index is -0.232. The monoisotopic (exact) mass is 511 g/mol. The second-order valence-corrected chi connectivity index (χ2v) is 10.6. The Morgan fingerprint density at radius 2 is 1.47 bits per heavy atom. The minimum Gasteiger partial charge on any atom is -0.397 e.